The Morgan fingerprint density at radius 1 is 1.28 bits per heavy atom. The molecule has 156 valence electrons. The molecule has 1 saturated carbocycles. The number of hydrogen-bond acceptors (Lipinski definition) is 7. The zero-order valence-corrected chi connectivity index (χ0v) is 17.1. The molecule has 1 N–H and O–H groups in total. The summed E-state index contributed by atoms with van der Waals surface area (Å²) in [4.78, 5) is 13.6. The molecule has 3 aliphatic rings. The zero-order chi connectivity index (χ0) is 21.0. The van der Waals surface area contributed by atoms with Crippen molar-refractivity contribution in [1.29, 1.82) is 0 Å². The first-order chi connectivity index (χ1) is 13.9. The monoisotopic (exact) mass is 402 g/mol. The number of carbonyl (C=O) groups is 1. The van der Waals surface area contributed by atoms with Gasteiger partial charge >= 0.3 is 0 Å². The summed E-state index contributed by atoms with van der Waals surface area (Å²) in [5, 5.41) is 11.4. The van der Waals surface area contributed by atoms with Crippen LogP contribution in [-0.4, -0.2) is 56.3 Å². The van der Waals surface area contributed by atoms with Crippen molar-refractivity contribution < 1.29 is 33.6 Å². The second kappa shape index (κ2) is 6.86. The second-order valence-corrected chi connectivity index (χ2v) is 7.67. The first kappa shape index (κ1) is 19.9. The van der Waals surface area contributed by atoms with E-state index in [1.165, 1.54) is 7.11 Å². The Morgan fingerprint density at radius 3 is 2.66 bits per heavy atom. The average molecular weight is 402 g/mol. The summed E-state index contributed by atoms with van der Waals surface area (Å²) in [7, 11) is 4.54. The van der Waals surface area contributed by atoms with Crippen molar-refractivity contribution in [3.63, 3.8) is 0 Å². The molecule has 1 aliphatic heterocycles. The smallest absolute Gasteiger partial charge is 0.231 e. The van der Waals surface area contributed by atoms with Gasteiger partial charge in [0.2, 0.25) is 12.5 Å². The number of aliphatic hydroxyl groups excluding tert-OH is 1. The van der Waals surface area contributed by atoms with Crippen LogP contribution in [0.4, 0.5) is 0 Å². The quantitative estimate of drug-likeness (QED) is 0.732. The Morgan fingerprint density at radius 2 is 2.03 bits per heavy atom. The van der Waals surface area contributed by atoms with E-state index in [2.05, 4.69) is 6.58 Å². The Labute approximate surface area is 169 Å². The maximum Gasteiger partial charge on any atom is 0.231 e. The molecule has 7 heteroatoms. The summed E-state index contributed by atoms with van der Waals surface area (Å²) in [5.41, 5.74) is -1.30. The molecular formula is C22H26O7. The molecule has 0 spiro atoms. The van der Waals surface area contributed by atoms with Gasteiger partial charge in [0.05, 0.1) is 7.11 Å². The lowest BCUT2D eigenvalue weighted by molar-refractivity contribution is -0.169. The van der Waals surface area contributed by atoms with E-state index < -0.39 is 23.2 Å². The van der Waals surface area contributed by atoms with Gasteiger partial charge in [0.15, 0.2) is 22.9 Å². The number of methoxy groups -OCH3 is 3. The fourth-order valence-corrected chi connectivity index (χ4v) is 5.31. The van der Waals surface area contributed by atoms with E-state index in [0.717, 1.165) is 5.56 Å². The van der Waals surface area contributed by atoms with Crippen molar-refractivity contribution in [3.05, 3.63) is 42.0 Å². The lowest BCUT2D eigenvalue weighted by Crippen LogP contribution is -2.60. The number of benzene rings is 1. The molecule has 0 unspecified atom stereocenters. The predicted molar refractivity (Wildman–Crippen MR) is 104 cm³/mol. The van der Waals surface area contributed by atoms with Crippen LogP contribution in [0.3, 0.4) is 0 Å². The van der Waals surface area contributed by atoms with Crippen LogP contribution in [0.25, 0.3) is 0 Å². The molecule has 1 heterocycles. The highest BCUT2D eigenvalue weighted by Crippen LogP contribution is 2.61. The van der Waals surface area contributed by atoms with Crippen LogP contribution in [0.5, 0.6) is 17.2 Å². The van der Waals surface area contributed by atoms with Gasteiger partial charge in [0.1, 0.15) is 11.7 Å². The number of rotatable bonds is 6. The highest BCUT2D eigenvalue weighted by atomic mass is 16.7. The predicted octanol–water partition coefficient (Wildman–Crippen LogP) is 2.37. The minimum Gasteiger partial charge on any atom is -0.493 e. The number of aliphatic hydroxyl groups is 1. The lowest BCUT2D eigenvalue weighted by Gasteiger charge is -2.41. The summed E-state index contributed by atoms with van der Waals surface area (Å²) in [5.74, 6) is 0.520. The number of carbonyl (C=O) groups excluding carboxylic acids is 1. The molecule has 4 rings (SSSR count). The number of Topliss-reactive ketones (excluding diaryl/α,β-unsaturated/α-hetero) is 1. The molecule has 29 heavy (non-hydrogen) atoms. The van der Waals surface area contributed by atoms with Gasteiger partial charge in [0, 0.05) is 31.6 Å². The van der Waals surface area contributed by atoms with Crippen molar-refractivity contribution in [2.45, 2.75) is 36.6 Å². The first-order valence-electron chi connectivity index (χ1n) is 9.54. The molecule has 0 saturated heterocycles. The van der Waals surface area contributed by atoms with E-state index in [9.17, 15) is 9.90 Å². The molecule has 0 radical (unpaired) electrons. The average Bonchev–Trinajstić information content (AvgIpc) is 3.25. The largest absolute Gasteiger partial charge is 0.493 e. The van der Waals surface area contributed by atoms with Gasteiger partial charge in [-0.25, -0.2) is 0 Å². The minimum atomic E-state index is -1.50. The molecule has 1 fully saturated rings. The van der Waals surface area contributed by atoms with E-state index in [1.54, 1.807) is 26.4 Å². The third-order valence-electron chi connectivity index (χ3n) is 6.65. The van der Waals surface area contributed by atoms with Gasteiger partial charge in [-0.1, -0.05) is 13.0 Å². The maximum absolute atomic E-state index is 13.6. The summed E-state index contributed by atoms with van der Waals surface area (Å²) in [6, 6.07) is 3.64. The molecule has 2 bridgehead atoms. The molecule has 7 nitrogen and oxygen atoms in total. The number of ketones is 1. The summed E-state index contributed by atoms with van der Waals surface area (Å²) in [6.07, 6.45) is 2.60. The Hall–Kier alpha value is -2.35. The van der Waals surface area contributed by atoms with Gasteiger partial charge < -0.3 is 28.8 Å². The van der Waals surface area contributed by atoms with Gasteiger partial charge in [-0.2, -0.15) is 0 Å². The van der Waals surface area contributed by atoms with Crippen LogP contribution in [0.1, 0.15) is 24.8 Å². The van der Waals surface area contributed by atoms with Crippen LogP contribution < -0.4 is 14.2 Å². The molecule has 1 aromatic rings. The fourth-order valence-electron chi connectivity index (χ4n) is 5.31. The van der Waals surface area contributed by atoms with E-state index in [4.69, 9.17) is 23.7 Å². The normalized spacial score (nSPS) is 34.9. The summed E-state index contributed by atoms with van der Waals surface area (Å²) >= 11 is 0. The third kappa shape index (κ3) is 2.38. The van der Waals surface area contributed by atoms with E-state index >= 15 is 0 Å². The highest BCUT2D eigenvalue weighted by molar-refractivity contribution is 6.06. The Balaban J connectivity index is 1.94. The second-order valence-electron chi connectivity index (χ2n) is 7.67. The van der Waals surface area contributed by atoms with Crippen molar-refractivity contribution in [1.82, 2.24) is 0 Å². The molecule has 2 aliphatic carbocycles. The topological polar surface area (TPSA) is 83.5 Å². The Bertz CT molecular complexity index is 891. The number of allylic oxidation sites excluding steroid dienone is 1. The van der Waals surface area contributed by atoms with Gasteiger partial charge in [-0.05, 0) is 30.2 Å². The van der Waals surface area contributed by atoms with Crippen LogP contribution in [0.2, 0.25) is 0 Å². The van der Waals surface area contributed by atoms with Crippen molar-refractivity contribution in [3.8, 4) is 17.2 Å². The van der Waals surface area contributed by atoms with E-state index in [-0.39, 0.29) is 18.5 Å². The number of ether oxygens (including phenoxy) is 5. The third-order valence-corrected chi connectivity index (χ3v) is 6.65. The summed E-state index contributed by atoms with van der Waals surface area (Å²) in [6.45, 7) is 5.80. The van der Waals surface area contributed by atoms with Gasteiger partial charge in [0.25, 0.3) is 0 Å². The highest BCUT2D eigenvalue weighted by Gasteiger charge is 2.72. The number of hydrogen-bond donors (Lipinski definition) is 1. The van der Waals surface area contributed by atoms with Crippen molar-refractivity contribution >= 4 is 5.78 Å². The molecular weight excluding hydrogens is 376 g/mol. The standard InChI is InChI=1S/C22H26O7/c1-6-7-13-10-21(26-4)12(2)17(22(27-5,19(13)23)20(21)24)14-8-15(25-3)18-16(9-14)28-11-29-18/h6,8-10,12,17,20,24H,1,7,11H2,2-5H3/t12-,17+,20+,21-,22-/m1/s1. The maximum atomic E-state index is 13.6. The molecule has 1 aromatic carbocycles. The summed E-state index contributed by atoms with van der Waals surface area (Å²) < 4.78 is 28.3. The first-order valence-corrected chi connectivity index (χ1v) is 9.54. The molecule has 0 amide bonds. The molecule has 0 aromatic heterocycles. The van der Waals surface area contributed by atoms with Gasteiger partial charge in [-0.15, -0.1) is 6.58 Å². The fraction of sp³-hybridized carbons (Fsp3) is 0.500. The van der Waals surface area contributed by atoms with E-state index in [1.807, 2.05) is 19.1 Å². The molecule has 5 atom stereocenters. The van der Waals surface area contributed by atoms with E-state index in [0.29, 0.717) is 29.2 Å². The van der Waals surface area contributed by atoms with Crippen LogP contribution in [-0.2, 0) is 14.3 Å². The van der Waals surface area contributed by atoms with Crippen molar-refractivity contribution in [2.75, 3.05) is 28.1 Å². The van der Waals surface area contributed by atoms with Crippen LogP contribution >= 0.6 is 0 Å². The van der Waals surface area contributed by atoms with Crippen molar-refractivity contribution in [2.24, 2.45) is 5.92 Å². The lowest BCUT2D eigenvalue weighted by atomic mass is 9.74. The Kier molecular flexibility index (Phi) is 4.72. The van der Waals surface area contributed by atoms with Crippen LogP contribution in [0.15, 0.2) is 36.4 Å². The van der Waals surface area contributed by atoms with Crippen LogP contribution in [0, 0.1) is 5.92 Å². The minimum absolute atomic E-state index is 0.0966. The zero-order valence-electron chi connectivity index (χ0n) is 17.1. The van der Waals surface area contributed by atoms with Gasteiger partial charge in [-0.3, -0.25) is 4.79 Å². The number of fused-ring (bicyclic) bond motifs is 3. The SMILES string of the molecule is C=CCC1=C[C@@]2(OC)[C@H](C)[C@@H](c3cc(OC)c4c(c3)OCO4)[C@@](OC)(C1=O)[C@H]2O.